The van der Waals surface area contributed by atoms with Gasteiger partial charge in [-0.05, 0) is 51.4 Å². The Kier molecular flexibility index (Phi) is 5.72. The predicted octanol–water partition coefficient (Wildman–Crippen LogP) is 3.24. The molecule has 1 atom stereocenters. The van der Waals surface area contributed by atoms with E-state index in [0.29, 0.717) is 0 Å². The average Bonchev–Trinajstić information content (AvgIpc) is 2.38. The number of nitrogens with one attached hydrogen (secondary N) is 2. The van der Waals surface area contributed by atoms with Crippen molar-refractivity contribution in [1.82, 2.24) is 5.32 Å². The minimum absolute atomic E-state index is 0.0708. The molecule has 20 heavy (non-hydrogen) atoms. The smallest absolute Gasteiger partial charge is 0.221 e. The summed E-state index contributed by atoms with van der Waals surface area (Å²) in [6.07, 6.45) is 0.805. The van der Waals surface area contributed by atoms with Gasteiger partial charge in [0.25, 0.3) is 0 Å². The summed E-state index contributed by atoms with van der Waals surface area (Å²) < 4.78 is 0. The number of benzene rings is 1. The zero-order valence-electron chi connectivity index (χ0n) is 12.7. The molecule has 0 fully saturated rings. The van der Waals surface area contributed by atoms with E-state index in [-0.39, 0.29) is 17.4 Å². The van der Waals surface area contributed by atoms with Crippen molar-refractivity contribution in [2.75, 3.05) is 11.9 Å². The van der Waals surface area contributed by atoms with Gasteiger partial charge < -0.3 is 10.6 Å². The molecule has 1 aromatic carbocycles. The topological polar surface area (TPSA) is 64.9 Å². The van der Waals surface area contributed by atoms with Crippen molar-refractivity contribution in [3.8, 4) is 6.07 Å². The fraction of sp³-hybridized carbons (Fsp3) is 0.500. The highest BCUT2D eigenvalue weighted by Gasteiger charge is 2.16. The van der Waals surface area contributed by atoms with Crippen molar-refractivity contribution in [1.29, 1.82) is 5.26 Å². The Hall–Kier alpha value is -1.86. The lowest BCUT2D eigenvalue weighted by Crippen LogP contribution is -2.24. The van der Waals surface area contributed by atoms with Crippen LogP contribution in [-0.4, -0.2) is 12.5 Å². The highest BCUT2D eigenvalue weighted by molar-refractivity contribution is 5.88. The van der Waals surface area contributed by atoms with Gasteiger partial charge in [0.2, 0.25) is 5.91 Å². The maximum absolute atomic E-state index is 11.1. The number of carbonyl (C=O) groups excluding carboxylic acids is 1. The van der Waals surface area contributed by atoms with Gasteiger partial charge in [0.1, 0.15) is 0 Å². The molecule has 2 N–H and O–H groups in total. The number of hydrogen-bond donors (Lipinski definition) is 2. The SMILES string of the molecule is CC(=O)Nc1cccc(C(C)NCCC(C)(C)C#N)c1. The Labute approximate surface area is 121 Å². The highest BCUT2D eigenvalue weighted by atomic mass is 16.1. The first-order chi connectivity index (χ1) is 9.34. The van der Waals surface area contributed by atoms with Gasteiger partial charge in [-0.1, -0.05) is 12.1 Å². The number of nitriles is 1. The van der Waals surface area contributed by atoms with Crippen LogP contribution in [0.4, 0.5) is 5.69 Å². The van der Waals surface area contributed by atoms with E-state index in [4.69, 9.17) is 5.26 Å². The lowest BCUT2D eigenvalue weighted by atomic mass is 9.91. The molecule has 0 saturated heterocycles. The first-order valence-electron chi connectivity index (χ1n) is 6.86. The van der Waals surface area contributed by atoms with Gasteiger partial charge in [-0.15, -0.1) is 0 Å². The number of amides is 1. The first-order valence-corrected chi connectivity index (χ1v) is 6.86. The second kappa shape index (κ2) is 7.06. The second-order valence-corrected chi connectivity index (χ2v) is 5.73. The molecule has 0 aliphatic carbocycles. The quantitative estimate of drug-likeness (QED) is 0.836. The summed E-state index contributed by atoms with van der Waals surface area (Å²) in [7, 11) is 0. The molecule has 4 nitrogen and oxygen atoms in total. The zero-order chi connectivity index (χ0) is 15.2. The number of anilines is 1. The van der Waals surface area contributed by atoms with Gasteiger partial charge in [0.05, 0.1) is 11.5 Å². The Morgan fingerprint density at radius 2 is 2.15 bits per heavy atom. The maximum atomic E-state index is 11.1. The third-order valence-corrected chi connectivity index (χ3v) is 3.21. The Bertz CT molecular complexity index is 503. The summed E-state index contributed by atoms with van der Waals surface area (Å²) in [5, 5.41) is 15.2. The standard InChI is InChI=1S/C16H23N3O/c1-12(18-9-8-16(3,4)11-17)14-6-5-7-15(10-14)19-13(2)20/h5-7,10,12,18H,8-9H2,1-4H3,(H,19,20). The van der Waals surface area contributed by atoms with Gasteiger partial charge in [0, 0.05) is 18.7 Å². The van der Waals surface area contributed by atoms with Crippen LogP contribution in [0.1, 0.15) is 45.7 Å². The Morgan fingerprint density at radius 3 is 2.75 bits per heavy atom. The normalized spacial score (nSPS) is 12.6. The van der Waals surface area contributed by atoms with Crippen LogP contribution < -0.4 is 10.6 Å². The lowest BCUT2D eigenvalue weighted by Gasteiger charge is -2.19. The van der Waals surface area contributed by atoms with Crippen molar-refractivity contribution < 1.29 is 4.79 Å². The summed E-state index contributed by atoms with van der Waals surface area (Å²) in [6, 6.07) is 10.3. The van der Waals surface area contributed by atoms with Gasteiger partial charge in [-0.25, -0.2) is 0 Å². The summed E-state index contributed by atoms with van der Waals surface area (Å²) in [6.45, 7) is 8.24. The van der Waals surface area contributed by atoms with Crippen LogP contribution in [-0.2, 0) is 4.79 Å². The predicted molar refractivity (Wildman–Crippen MR) is 81.2 cm³/mol. The minimum atomic E-state index is -0.301. The molecule has 1 aromatic rings. The third-order valence-electron chi connectivity index (χ3n) is 3.21. The van der Waals surface area contributed by atoms with E-state index in [1.165, 1.54) is 6.92 Å². The van der Waals surface area contributed by atoms with Crippen LogP contribution >= 0.6 is 0 Å². The molecule has 0 bridgehead atoms. The zero-order valence-corrected chi connectivity index (χ0v) is 12.7. The average molecular weight is 273 g/mol. The van der Waals surface area contributed by atoms with Crippen LogP contribution in [0.3, 0.4) is 0 Å². The summed E-state index contributed by atoms with van der Waals surface area (Å²) in [5.41, 5.74) is 1.62. The van der Waals surface area contributed by atoms with E-state index in [2.05, 4.69) is 23.6 Å². The van der Waals surface area contributed by atoms with Gasteiger partial charge in [-0.2, -0.15) is 5.26 Å². The Morgan fingerprint density at radius 1 is 1.45 bits per heavy atom. The molecule has 0 aromatic heterocycles. The monoisotopic (exact) mass is 273 g/mol. The number of rotatable bonds is 6. The number of carbonyl (C=O) groups is 1. The third kappa shape index (κ3) is 5.41. The highest BCUT2D eigenvalue weighted by Crippen LogP contribution is 2.20. The number of nitrogens with zero attached hydrogens (tertiary/aromatic N) is 1. The van der Waals surface area contributed by atoms with E-state index in [1.54, 1.807) is 0 Å². The molecular weight excluding hydrogens is 250 g/mol. The molecule has 0 saturated carbocycles. The van der Waals surface area contributed by atoms with Crippen LogP contribution in [0.25, 0.3) is 0 Å². The van der Waals surface area contributed by atoms with Crippen molar-refractivity contribution in [2.24, 2.45) is 5.41 Å². The molecule has 0 aliphatic rings. The fourth-order valence-corrected chi connectivity index (χ4v) is 1.86. The van der Waals surface area contributed by atoms with Crippen LogP contribution in [0.15, 0.2) is 24.3 Å². The molecular formula is C16H23N3O. The van der Waals surface area contributed by atoms with E-state index in [0.717, 1.165) is 24.2 Å². The summed E-state index contributed by atoms with van der Waals surface area (Å²) >= 11 is 0. The van der Waals surface area contributed by atoms with Gasteiger partial charge >= 0.3 is 0 Å². The van der Waals surface area contributed by atoms with E-state index < -0.39 is 0 Å². The van der Waals surface area contributed by atoms with Crippen LogP contribution in [0, 0.1) is 16.7 Å². The molecule has 108 valence electrons. The molecule has 0 heterocycles. The van der Waals surface area contributed by atoms with E-state index >= 15 is 0 Å². The van der Waals surface area contributed by atoms with Gasteiger partial charge in [0.15, 0.2) is 0 Å². The van der Waals surface area contributed by atoms with E-state index in [1.807, 2.05) is 38.1 Å². The molecule has 0 radical (unpaired) electrons. The van der Waals surface area contributed by atoms with Crippen molar-refractivity contribution >= 4 is 11.6 Å². The largest absolute Gasteiger partial charge is 0.326 e. The van der Waals surface area contributed by atoms with Crippen molar-refractivity contribution in [3.63, 3.8) is 0 Å². The molecule has 1 rings (SSSR count). The van der Waals surface area contributed by atoms with Crippen molar-refractivity contribution in [2.45, 2.75) is 40.2 Å². The summed E-state index contributed by atoms with van der Waals surface area (Å²) in [4.78, 5) is 11.1. The van der Waals surface area contributed by atoms with Crippen LogP contribution in [0.2, 0.25) is 0 Å². The Balaban J connectivity index is 2.57. The lowest BCUT2D eigenvalue weighted by molar-refractivity contribution is -0.114. The minimum Gasteiger partial charge on any atom is -0.326 e. The molecule has 0 spiro atoms. The van der Waals surface area contributed by atoms with E-state index in [9.17, 15) is 4.79 Å². The fourth-order valence-electron chi connectivity index (χ4n) is 1.86. The molecule has 1 unspecified atom stereocenters. The molecule has 4 heteroatoms. The van der Waals surface area contributed by atoms with Crippen LogP contribution in [0.5, 0.6) is 0 Å². The van der Waals surface area contributed by atoms with Crippen molar-refractivity contribution in [3.05, 3.63) is 29.8 Å². The molecule has 1 amide bonds. The van der Waals surface area contributed by atoms with Gasteiger partial charge in [-0.3, -0.25) is 4.79 Å². The first kappa shape index (κ1) is 16.2. The maximum Gasteiger partial charge on any atom is 0.221 e. The second-order valence-electron chi connectivity index (χ2n) is 5.73. The number of hydrogen-bond acceptors (Lipinski definition) is 3. The molecule has 0 aliphatic heterocycles. The summed E-state index contributed by atoms with van der Waals surface area (Å²) in [5.74, 6) is -0.0708.